The Morgan fingerprint density at radius 1 is 1.43 bits per heavy atom. The second kappa shape index (κ2) is 6.06. The molecule has 7 nitrogen and oxygen atoms in total. The zero-order chi connectivity index (χ0) is 15.6. The molecule has 2 rings (SSSR count). The van der Waals surface area contributed by atoms with E-state index in [4.69, 9.17) is 21.5 Å². The van der Waals surface area contributed by atoms with E-state index >= 15 is 0 Å². The number of hydrogen-bond acceptors (Lipinski definition) is 5. The summed E-state index contributed by atoms with van der Waals surface area (Å²) in [6.45, 7) is 0.270. The molecular weight excluding hydrogens is 323 g/mol. The normalized spacial score (nSPS) is 11.8. The van der Waals surface area contributed by atoms with Crippen molar-refractivity contribution in [2.24, 2.45) is 5.14 Å². The van der Waals surface area contributed by atoms with E-state index in [0.717, 1.165) is 0 Å². The van der Waals surface area contributed by atoms with Crippen molar-refractivity contribution in [1.29, 1.82) is 0 Å². The zero-order valence-electron chi connectivity index (χ0n) is 11.0. The van der Waals surface area contributed by atoms with Crippen LogP contribution in [-0.4, -0.2) is 36.9 Å². The summed E-state index contributed by atoms with van der Waals surface area (Å²) >= 11 is 5.72. The van der Waals surface area contributed by atoms with Crippen LogP contribution in [0.4, 0.5) is 4.39 Å². The van der Waals surface area contributed by atoms with Gasteiger partial charge in [0, 0.05) is 7.11 Å². The summed E-state index contributed by atoms with van der Waals surface area (Å²) in [5.74, 6) is -0.706. The minimum Gasteiger partial charge on any atom is -0.383 e. The van der Waals surface area contributed by atoms with Crippen molar-refractivity contribution in [3.05, 3.63) is 29.0 Å². The SMILES string of the molecule is COCCn1c(-c2cccc(Cl)c2F)nnc1S(N)(=O)=O. The van der Waals surface area contributed by atoms with E-state index in [9.17, 15) is 12.8 Å². The smallest absolute Gasteiger partial charge is 0.273 e. The Hall–Kier alpha value is -1.55. The molecule has 0 amide bonds. The number of benzene rings is 1. The van der Waals surface area contributed by atoms with Crippen LogP contribution >= 0.6 is 11.6 Å². The highest BCUT2D eigenvalue weighted by Gasteiger charge is 2.23. The predicted octanol–water partition coefficient (Wildman–Crippen LogP) is 1.03. The lowest BCUT2D eigenvalue weighted by Gasteiger charge is -2.09. The molecule has 2 aromatic rings. The molecule has 0 spiro atoms. The third-order valence-electron chi connectivity index (χ3n) is 2.68. The topological polar surface area (TPSA) is 100 Å². The van der Waals surface area contributed by atoms with Crippen LogP contribution < -0.4 is 5.14 Å². The lowest BCUT2D eigenvalue weighted by atomic mass is 10.2. The van der Waals surface area contributed by atoms with Gasteiger partial charge in [-0.1, -0.05) is 17.7 Å². The first kappa shape index (κ1) is 15.8. The van der Waals surface area contributed by atoms with Crippen molar-refractivity contribution in [3.8, 4) is 11.4 Å². The lowest BCUT2D eigenvalue weighted by molar-refractivity contribution is 0.185. The molecule has 2 N–H and O–H groups in total. The van der Waals surface area contributed by atoms with Gasteiger partial charge in [0.2, 0.25) is 0 Å². The maximum absolute atomic E-state index is 14.1. The summed E-state index contributed by atoms with van der Waals surface area (Å²) in [5.41, 5.74) is 0.0287. The van der Waals surface area contributed by atoms with Crippen LogP contribution in [0, 0.1) is 5.82 Å². The Labute approximate surface area is 125 Å². The molecule has 0 aliphatic heterocycles. The highest BCUT2D eigenvalue weighted by molar-refractivity contribution is 7.89. The number of aromatic nitrogens is 3. The fourth-order valence-electron chi connectivity index (χ4n) is 1.76. The van der Waals surface area contributed by atoms with Crippen molar-refractivity contribution in [2.75, 3.05) is 13.7 Å². The number of hydrogen-bond donors (Lipinski definition) is 1. The molecule has 114 valence electrons. The molecule has 0 unspecified atom stereocenters. The van der Waals surface area contributed by atoms with E-state index in [-0.39, 0.29) is 29.6 Å². The van der Waals surface area contributed by atoms with E-state index in [1.165, 1.54) is 29.9 Å². The lowest BCUT2D eigenvalue weighted by Crippen LogP contribution is -2.20. The van der Waals surface area contributed by atoms with Gasteiger partial charge in [0.25, 0.3) is 15.2 Å². The Morgan fingerprint density at radius 3 is 2.76 bits per heavy atom. The van der Waals surface area contributed by atoms with Crippen LogP contribution in [0.1, 0.15) is 0 Å². The van der Waals surface area contributed by atoms with Gasteiger partial charge in [0.15, 0.2) is 11.6 Å². The summed E-state index contributed by atoms with van der Waals surface area (Å²) in [7, 11) is -2.65. The number of primary sulfonamides is 1. The Bertz CT molecular complexity index is 763. The molecule has 1 aromatic carbocycles. The Kier molecular flexibility index (Phi) is 4.57. The molecule has 0 atom stereocenters. The molecule has 0 fully saturated rings. The van der Waals surface area contributed by atoms with Crippen molar-refractivity contribution >= 4 is 21.6 Å². The van der Waals surface area contributed by atoms with Gasteiger partial charge in [0.05, 0.1) is 23.7 Å². The van der Waals surface area contributed by atoms with E-state index in [0.29, 0.717) is 0 Å². The fraction of sp³-hybridized carbons (Fsp3) is 0.273. The van der Waals surface area contributed by atoms with E-state index in [1.54, 1.807) is 0 Å². The van der Waals surface area contributed by atoms with Gasteiger partial charge in [-0.05, 0) is 12.1 Å². The third kappa shape index (κ3) is 3.21. The number of sulfonamides is 1. The first-order valence-electron chi connectivity index (χ1n) is 5.75. The summed E-state index contributed by atoms with van der Waals surface area (Å²) in [6.07, 6.45) is 0. The number of nitrogens with two attached hydrogens (primary N) is 1. The Balaban J connectivity index is 2.64. The molecule has 10 heteroatoms. The van der Waals surface area contributed by atoms with Crippen LogP contribution in [0.2, 0.25) is 5.02 Å². The Morgan fingerprint density at radius 2 is 2.14 bits per heavy atom. The fourth-order valence-corrected chi connectivity index (χ4v) is 2.57. The average Bonchev–Trinajstić information content (AvgIpc) is 2.83. The van der Waals surface area contributed by atoms with Crippen LogP contribution in [0.15, 0.2) is 23.4 Å². The van der Waals surface area contributed by atoms with Crippen LogP contribution in [0.25, 0.3) is 11.4 Å². The molecule has 0 bridgehead atoms. The largest absolute Gasteiger partial charge is 0.383 e. The third-order valence-corrected chi connectivity index (χ3v) is 3.79. The maximum Gasteiger partial charge on any atom is 0.273 e. The van der Waals surface area contributed by atoms with E-state index in [2.05, 4.69) is 10.2 Å². The van der Waals surface area contributed by atoms with Crippen molar-refractivity contribution in [2.45, 2.75) is 11.7 Å². The summed E-state index contributed by atoms with van der Waals surface area (Å²) in [4.78, 5) is 0. The molecule has 1 heterocycles. The molecule has 1 aromatic heterocycles. The van der Waals surface area contributed by atoms with Crippen molar-refractivity contribution < 1.29 is 17.5 Å². The van der Waals surface area contributed by atoms with Crippen LogP contribution in [-0.2, 0) is 21.3 Å². The molecule has 21 heavy (non-hydrogen) atoms. The number of ether oxygens (including phenoxy) is 1. The maximum atomic E-state index is 14.1. The predicted molar refractivity (Wildman–Crippen MR) is 73.7 cm³/mol. The molecular formula is C11H12ClFN4O3S. The highest BCUT2D eigenvalue weighted by Crippen LogP contribution is 2.27. The molecule has 0 aliphatic rings. The van der Waals surface area contributed by atoms with Gasteiger partial charge in [-0.15, -0.1) is 10.2 Å². The first-order valence-corrected chi connectivity index (χ1v) is 7.68. The number of halogens is 2. The zero-order valence-corrected chi connectivity index (χ0v) is 12.5. The monoisotopic (exact) mass is 334 g/mol. The quantitative estimate of drug-likeness (QED) is 0.880. The van der Waals surface area contributed by atoms with Gasteiger partial charge in [-0.25, -0.2) is 17.9 Å². The van der Waals surface area contributed by atoms with Crippen LogP contribution in [0.5, 0.6) is 0 Å². The average molecular weight is 335 g/mol. The second-order valence-electron chi connectivity index (χ2n) is 4.10. The first-order chi connectivity index (χ1) is 9.86. The van der Waals surface area contributed by atoms with E-state index < -0.39 is 21.0 Å². The van der Waals surface area contributed by atoms with Gasteiger partial charge in [0.1, 0.15) is 0 Å². The summed E-state index contributed by atoms with van der Waals surface area (Å²) < 4.78 is 43.2. The van der Waals surface area contributed by atoms with E-state index in [1.807, 2.05) is 0 Å². The summed E-state index contributed by atoms with van der Waals surface area (Å²) in [5, 5.41) is 11.7. The minimum atomic E-state index is -4.10. The number of nitrogens with zero attached hydrogens (tertiary/aromatic N) is 3. The molecule has 0 aliphatic carbocycles. The minimum absolute atomic E-state index is 0.0103. The summed E-state index contributed by atoms with van der Waals surface area (Å²) in [6, 6.07) is 4.31. The molecule has 0 saturated carbocycles. The van der Waals surface area contributed by atoms with Crippen molar-refractivity contribution in [1.82, 2.24) is 14.8 Å². The van der Waals surface area contributed by atoms with Gasteiger partial charge in [-0.2, -0.15) is 0 Å². The van der Waals surface area contributed by atoms with Crippen LogP contribution in [0.3, 0.4) is 0 Å². The number of methoxy groups -OCH3 is 1. The van der Waals surface area contributed by atoms with Gasteiger partial charge >= 0.3 is 0 Å². The number of rotatable bonds is 5. The molecule has 0 saturated heterocycles. The second-order valence-corrected chi connectivity index (χ2v) is 5.96. The van der Waals surface area contributed by atoms with Gasteiger partial charge in [-0.3, -0.25) is 4.57 Å². The van der Waals surface area contributed by atoms with Gasteiger partial charge < -0.3 is 4.74 Å². The standard InChI is InChI=1S/C11H12ClFN4O3S/c1-20-6-5-17-10(15-16-11(17)21(14,18)19)7-3-2-4-8(12)9(7)13/h2-4H,5-6H2,1H3,(H2,14,18,19). The highest BCUT2D eigenvalue weighted by atomic mass is 35.5. The van der Waals surface area contributed by atoms with Crippen molar-refractivity contribution in [3.63, 3.8) is 0 Å². The molecule has 0 radical (unpaired) electrons.